The SMILES string of the molecule is CC(=O)OCC1=C(C(=O)OC(c2ccccc2)c2ccccc2)N2C(=O)[C@@](N)(F)[C@H]2SC1. The zero-order valence-electron chi connectivity index (χ0n) is 17.2. The number of nitrogens with two attached hydrogens (primary N) is 1. The number of alkyl halides is 1. The van der Waals surface area contributed by atoms with E-state index in [2.05, 4.69) is 0 Å². The largest absolute Gasteiger partial charge is 0.461 e. The van der Waals surface area contributed by atoms with E-state index in [1.807, 2.05) is 60.7 Å². The van der Waals surface area contributed by atoms with E-state index in [0.717, 1.165) is 27.8 Å². The number of carbonyl (C=O) groups is 3. The maximum absolute atomic E-state index is 14.5. The second-order valence-electron chi connectivity index (χ2n) is 7.45. The average molecular weight is 456 g/mol. The van der Waals surface area contributed by atoms with Crippen molar-refractivity contribution in [2.75, 3.05) is 12.4 Å². The van der Waals surface area contributed by atoms with Crippen LogP contribution in [0.25, 0.3) is 0 Å². The highest BCUT2D eigenvalue weighted by atomic mass is 32.2. The van der Waals surface area contributed by atoms with Crippen molar-refractivity contribution in [2.45, 2.75) is 24.2 Å². The molecular weight excluding hydrogens is 435 g/mol. The summed E-state index contributed by atoms with van der Waals surface area (Å²) in [5.74, 6) is -4.80. The van der Waals surface area contributed by atoms with Gasteiger partial charge in [0.25, 0.3) is 11.7 Å². The van der Waals surface area contributed by atoms with Gasteiger partial charge in [-0.3, -0.25) is 20.2 Å². The van der Waals surface area contributed by atoms with Gasteiger partial charge in [-0.05, 0) is 11.1 Å². The smallest absolute Gasteiger partial charge is 0.356 e. The predicted molar refractivity (Wildman–Crippen MR) is 116 cm³/mol. The third kappa shape index (κ3) is 4.01. The molecule has 32 heavy (non-hydrogen) atoms. The fraction of sp³-hybridized carbons (Fsp3) is 0.261. The summed E-state index contributed by atoms with van der Waals surface area (Å²) in [4.78, 5) is 38.1. The molecule has 2 aliphatic rings. The van der Waals surface area contributed by atoms with Crippen LogP contribution in [-0.4, -0.2) is 46.3 Å². The van der Waals surface area contributed by atoms with E-state index in [9.17, 15) is 18.8 Å². The first kappa shape index (κ1) is 22.0. The zero-order valence-corrected chi connectivity index (χ0v) is 18.0. The summed E-state index contributed by atoms with van der Waals surface area (Å²) in [6.07, 6.45) is -0.759. The number of hydrogen-bond acceptors (Lipinski definition) is 7. The fourth-order valence-electron chi connectivity index (χ4n) is 3.64. The summed E-state index contributed by atoms with van der Waals surface area (Å²) < 4.78 is 25.4. The lowest BCUT2D eigenvalue weighted by atomic mass is 10.00. The van der Waals surface area contributed by atoms with Gasteiger partial charge < -0.3 is 9.47 Å². The molecule has 1 saturated heterocycles. The zero-order chi connectivity index (χ0) is 22.9. The minimum Gasteiger partial charge on any atom is -0.461 e. The quantitative estimate of drug-likeness (QED) is 0.405. The number of benzene rings is 2. The Balaban J connectivity index is 1.70. The normalized spacial score (nSPS) is 22.3. The van der Waals surface area contributed by atoms with Gasteiger partial charge in [0.15, 0.2) is 6.10 Å². The van der Waals surface area contributed by atoms with E-state index >= 15 is 0 Å². The Kier molecular flexibility index (Phi) is 6.03. The molecule has 2 heterocycles. The fourth-order valence-corrected chi connectivity index (χ4v) is 4.91. The molecule has 0 aliphatic carbocycles. The Morgan fingerprint density at radius 2 is 1.72 bits per heavy atom. The van der Waals surface area contributed by atoms with Crippen molar-refractivity contribution >= 4 is 29.6 Å². The van der Waals surface area contributed by atoms with Crippen molar-refractivity contribution in [3.63, 3.8) is 0 Å². The van der Waals surface area contributed by atoms with Crippen LogP contribution >= 0.6 is 11.8 Å². The summed E-state index contributed by atoms with van der Waals surface area (Å²) in [6, 6.07) is 18.3. The van der Waals surface area contributed by atoms with Crippen LogP contribution in [-0.2, 0) is 23.9 Å². The number of esters is 2. The average Bonchev–Trinajstić information content (AvgIpc) is 2.81. The lowest BCUT2D eigenvalue weighted by molar-refractivity contribution is -0.167. The van der Waals surface area contributed by atoms with Crippen LogP contribution in [0.3, 0.4) is 0 Å². The Hall–Kier alpha value is -3.17. The molecule has 2 N–H and O–H groups in total. The molecule has 2 aliphatic heterocycles. The minimum absolute atomic E-state index is 0.129. The third-order valence-corrected chi connectivity index (χ3v) is 6.59. The molecule has 7 nitrogen and oxygen atoms in total. The molecule has 0 saturated carbocycles. The van der Waals surface area contributed by atoms with Crippen molar-refractivity contribution in [2.24, 2.45) is 5.73 Å². The van der Waals surface area contributed by atoms with Crippen LogP contribution in [0.5, 0.6) is 0 Å². The molecule has 0 spiro atoms. The standard InChI is InChI=1S/C23H21FN2O5S/c1-14(27)30-12-17-13-32-22-23(24,25)21(29)26(22)18(17)20(28)31-19(15-8-4-2-5-9-15)16-10-6-3-7-11-16/h2-11,19,22H,12-13,25H2,1H3/t22-,23+/m1/s1. The van der Waals surface area contributed by atoms with E-state index in [0.29, 0.717) is 5.57 Å². The van der Waals surface area contributed by atoms with Crippen LogP contribution < -0.4 is 5.73 Å². The summed E-state index contributed by atoms with van der Waals surface area (Å²) >= 11 is 1.06. The molecule has 1 amide bonds. The van der Waals surface area contributed by atoms with E-state index in [-0.39, 0.29) is 18.1 Å². The topological polar surface area (TPSA) is 98.9 Å². The molecule has 166 valence electrons. The van der Waals surface area contributed by atoms with Gasteiger partial charge in [-0.15, -0.1) is 11.8 Å². The van der Waals surface area contributed by atoms with E-state index in [4.69, 9.17) is 15.2 Å². The Bertz CT molecular complexity index is 1030. The lowest BCUT2D eigenvalue weighted by Gasteiger charge is -2.51. The summed E-state index contributed by atoms with van der Waals surface area (Å²) in [5, 5.41) is -1.05. The molecule has 0 aromatic heterocycles. The lowest BCUT2D eigenvalue weighted by Crippen LogP contribution is -2.75. The second kappa shape index (κ2) is 8.76. The van der Waals surface area contributed by atoms with Crippen molar-refractivity contribution in [3.8, 4) is 0 Å². The molecule has 4 rings (SSSR count). The number of nitrogens with zero attached hydrogens (tertiary/aromatic N) is 1. The number of carbonyl (C=O) groups excluding carboxylic acids is 3. The van der Waals surface area contributed by atoms with Gasteiger partial charge in [0, 0.05) is 18.2 Å². The van der Waals surface area contributed by atoms with Crippen molar-refractivity contribution in [1.29, 1.82) is 0 Å². The molecule has 9 heteroatoms. The number of ether oxygens (including phenoxy) is 2. The highest BCUT2D eigenvalue weighted by molar-refractivity contribution is 8.00. The predicted octanol–water partition coefficient (Wildman–Crippen LogP) is 2.68. The monoisotopic (exact) mass is 456 g/mol. The van der Waals surface area contributed by atoms with Gasteiger partial charge in [-0.25, -0.2) is 9.18 Å². The first-order chi connectivity index (χ1) is 15.3. The number of rotatable bonds is 6. The molecule has 0 radical (unpaired) electrons. The van der Waals surface area contributed by atoms with Gasteiger partial charge in [0.2, 0.25) is 0 Å². The number of β-lactam (4-membered cyclic amide) rings is 1. The molecule has 0 unspecified atom stereocenters. The van der Waals surface area contributed by atoms with Gasteiger partial charge in [0.05, 0.1) is 0 Å². The molecule has 0 bridgehead atoms. The molecule has 1 fully saturated rings. The number of halogens is 1. The van der Waals surface area contributed by atoms with Crippen LogP contribution in [0.4, 0.5) is 4.39 Å². The van der Waals surface area contributed by atoms with E-state index < -0.39 is 35.1 Å². The van der Waals surface area contributed by atoms with Crippen molar-refractivity contribution in [1.82, 2.24) is 4.90 Å². The molecule has 2 aromatic rings. The first-order valence-corrected chi connectivity index (χ1v) is 10.9. The molecular formula is C23H21FN2O5S. The molecule has 2 atom stereocenters. The van der Waals surface area contributed by atoms with Gasteiger partial charge in [-0.2, -0.15) is 0 Å². The highest BCUT2D eigenvalue weighted by Gasteiger charge is 2.64. The number of hydrogen-bond donors (Lipinski definition) is 1. The van der Waals surface area contributed by atoms with Crippen molar-refractivity contribution in [3.05, 3.63) is 83.1 Å². The van der Waals surface area contributed by atoms with E-state index in [1.165, 1.54) is 6.92 Å². The van der Waals surface area contributed by atoms with Crippen LogP contribution in [0.15, 0.2) is 71.9 Å². The Labute approximate surface area is 188 Å². The maximum atomic E-state index is 14.5. The summed E-state index contributed by atoms with van der Waals surface area (Å²) in [7, 11) is 0. The van der Waals surface area contributed by atoms with Crippen LogP contribution in [0, 0.1) is 0 Å². The highest BCUT2D eigenvalue weighted by Crippen LogP contribution is 2.46. The second-order valence-corrected chi connectivity index (χ2v) is 8.51. The first-order valence-electron chi connectivity index (χ1n) is 9.90. The summed E-state index contributed by atoms with van der Waals surface area (Å²) in [6.45, 7) is 1.02. The Morgan fingerprint density at radius 1 is 1.16 bits per heavy atom. The Morgan fingerprint density at radius 3 is 2.25 bits per heavy atom. The van der Waals surface area contributed by atoms with Gasteiger partial charge >= 0.3 is 11.9 Å². The summed E-state index contributed by atoms with van der Waals surface area (Å²) in [5.41, 5.74) is 7.17. The third-order valence-electron chi connectivity index (χ3n) is 5.20. The number of thioether (sulfide) groups is 1. The maximum Gasteiger partial charge on any atom is 0.356 e. The van der Waals surface area contributed by atoms with Crippen LogP contribution in [0.1, 0.15) is 24.2 Å². The molecule has 2 aromatic carbocycles. The van der Waals surface area contributed by atoms with Crippen LogP contribution in [0.2, 0.25) is 0 Å². The van der Waals surface area contributed by atoms with Gasteiger partial charge in [0.1, 0.15) is 17.7 Å². The minimum atomic E-state index is -2.57. The van der Waals surface area contributed by atoms with Gasteiger partial charge in [-0.1, -0.05) is 60.7 Å². The van der Waals surface area contributed by atoms with Crippen molar-refractivity contribution < 1.29 is 28.2 Å². The number of fused-ring (bicyclic) bond motifs is 1. The van der Waals surface area contributed by atoms with E-state index in [1.54, 1.807) is 0 Å². The number of amides is 1.